The largest absolute Gasteiger partial charge is 0.464 e. The van der Waals surface area contributed by atoms with Crippen LogP contribution in [-0.2, 0) is 9.53 Å². The molecule has 0 N–H and O–H groups in total. The zero-order valence-electron chi connectivity index (χ0n) is 6.13. The molecule has 0 saturated heterocycles. The van der Waals surface area contributed by atoms with Crippen molar-refractivity contribution in [3.63, 3.8) is 0 Å². The fourth-order valence-corrected chi connectivity index (χ4v) is 0.520. The zero-order chi connectivity index (χ0) is 8.20. The Bertz CT molecular complexity index is 123. The van der Waals surface area contributed by atoms with E-state index in [9.17, 15) is 4.79 Å². The predicted octanol–water partition coefficient (Wildman–Crippen LogP) is 1.52. The molecule has 0 aliphatic rings. The molecule has 0 aromatic heterocycles. The van der Waals surface area contributed by atoms with Crippen LogP contribution in [0.5, 0.6) is 0 Å². The van der Waals surface area contributed by atoms with E-state index < -0.39 is 4.08 Å². The standard InChI is InChI=1S/C6H12O2S2/c1-3-6(9,10)5(7)8-4-2/h9-10H,3-4H2,1-2H3. The molecule has 0 heterocycles. The molecule has 0 aliphatic heterocycles. The van der Waals surface area contributed by atoms with Gasteiger partial charge in [0.1, 0.15) is 0 Å². The summed E-state index contributed by atoms with van der Waals surface area (Å²) in [6, 6.07) is 0. The van der Waals surface area contributed by atoms with Gasteiger partial charge in [-0.3, -0.25) is 0 Å². The highest BCUT2D eigenvalue weighted by Crippen LogP contribution is 2.24. The van der Waals surface area contributed by atoms with Gasteiger partial charge in [-0.2, -0.15) is 25.3 Å². The maximum Gasteiger partial charge on any atom is 0.331 e. The Balaban J connectivity index is 3.91. The summed E-state index contributed by atoms with van der Waals surface area (Å²) in [6.45, 7) is 3.96. The lowest BCUT2D eigenvalue weighted by molar-refractivity contribution is -0.143. The predicted molar refractivity (Wildman–Crippen MR) is 47.6 cm³/mol. The number of rotatable bonds is 3. The number of thiol groups is 2. The molecule has 0 aliphatic carbocycles. The first-order chi connectivity index (χ1) is 4.54. The van der Waals surface area contributed by atoms with E-state index in [1.165, 1.54) is 0 Å². The lowest BCUT2D eigenvalue weighted by Gasteiger charge is -2.17. The molecule has 60 valence electrons. The van der Waals surface area contributed by atoms with Crippen LogP contribution in [0.1, 0.15) is 20.3 Å². The molecular formula is C6H12O2S2. The van der Waals surface area contributed by atoms with E-state index in [4.69, 9.17) is 4.74 Å². The van der Waals surface area contributed by atoms with Gasteiger partial charge in [0.2, 0.25) is 0 Å². The summed E-state index contributed by atoms with van der Waals surface area (Å²) >= 11 is 8.01. The van der Waals surface area contributed by atoms with Crippen LogP contribution in [-0.4, -0.2) is 16.7 Å². The molecule has 10 heavy (non-hydrogen) atoms. The molecule has 0 spiro atoms. The molecule has 0 atom stereocenters. The molecule has 0 aromatic rings. The van der Waals surface area contributed by atoms with E-state index in [1.807, 2.05) is 6.92 Å². The van der Waals surface area contributed by atoms with Crippen LogP contribution >= 0.6 is 25.3 Å². The third kappa shape index (κ3) is 2.84. The number of carbonyl (C=O) groups excluding carboxylic acids is 1. The van der Waals surface area contributed by atoms with Crippen LogP contribution in [0.2, 0.25) is 0 Å². The Morgan fingerprint density at radius 3 is 2.30 bits per heavy atom. The Morgan fingerprint density at radius 1 is 1.50 bits per heavy atom. The Kier molecular flexibility index (Phi) is 4.20. The van der Waals surface area contributed by atoms with Crippen molar-refractivity contribution >= 4 is 31.2 Å². The molecule has 0 saturated carbocycles. The molecule has 0 fully saturated rings. The van der Waals surface area contributed by atoms with Crippen LogP contribution in [0.4, 0.5) is 0 Å². The van der Waals surface area contributed by atoms with Crippen LogP contribution in [0.25, 0.3) is 0 Å². The zero-order valence-corrected chi connectivity index (χ0v) is 7.91. The van der Waals surface area contributed by atoms with E-state index in [0.717, 1.165) is 0 Å². The summed E-state index contributed by atoms with van der Waals surface area (Å²) in [5.74, 6) is -0.371. The molecule has 0 radical (unpaired) electrons. The van der Waals surface area contributed by atoms with Gasteiger partial charge in [-0.05, 0) is 13.3 Å². The minimum atomic E-state index is -0.921. The Hall–Kier alpha value is 0.170. The van der Waals surface area contributed by atoms with Gasteiger partial charge >= 0.3 is 5.97 Å². The normalized spacial score (nSPS) is 11.2. The van der Waals surface area contributed by atoms with Gasteiger partial charge in [0.15, 0.2) is 4.08 Å². The van der Waals surface area contributed by atoms with Gasteiger partial charge in [0.05, 0.1) is 6.61 Å². The summed E-state index contributed by atoms with van der Waals surface area (Å²) in [7, 11) is 0. The summed E-state index contributed by atoms with van der Waals surface area (Å²) < 4.78 is 3.79. The van der Waals surface area contributed by atoms with Crippen LogP contribution in [0, 0.1) is 0 Å². The Morgan fingerprint density at radius 2 is 2.00 bits per heavy atom. The second-order valence-corrected chi connectivity index (χ2v) is 3.77. The summed E-state index contributed by atoms with van der Waals surface area (Å²) in [6.07, 6.45) is 0.554. The number of carbonyl (C=O) groups is 1. The first kappa shape index (κ1) is 10.2. The van der Waals surface area contributed by atoms with Crippen molar-refractivity contribution in [3.8, 4) is 0 Å². The lowest BCUT2D eigenvalue weighted by Crippen LogP contribution is -2.27. The van der Waals surface area contributed by atoms with E-state index >= 15 is 0 Å². The van der Waals surface area contributed by atoms with Crippen molar-refractivity contribution in [2.45, 2.75) is 24.3 Å². The highest BCUT2D eigenvalue weighted by molar-refractivity contribution is 8.01. The summed E-state index contributed by atoms with van der Waals surface area (Å²) in [4.78, 5) is 10.9. The quantitative estimate of drug-likeness (QED) is 0.391. The van der Waals surface area contributed by atoms with E-state index in [2.05, 4.69) is 25.3 Å². The first-order valence-corrected chi connectivity index (χ1v) is 4.06. The second-order valence-electron chi connectivity index (χ2n) is 1.89. The minimum Gasteiger partial charge on any atom is -0.464 e. The van der Waals surface area contributed by atoms with Gasteiger partial charge in [0.25, 0.3) is 0 Å². The molecule has 0 unspecified atom stereocenters. The highest BCUT2D eigenvalue weighted by atomic mass is 32.2. The number of hydrogen-bond donors (Lipinski definition) is 2. The maximum atomic E-state index is 10.9. The Labute approximate surface area is 72.1 Å². The second kappa shape index (κ2) is 4.13. The van der Waals surface area contributed by atoms with Crippen LogP contribution in [0.3, 0.4) is 0 Å². The number of esters is 1. The number of hydrogen-bond acceptors (Lipinski definition) is 4. The molecule has 0 amide bonds. The van der Waals surface area contributed by atoms with Crippen molar-refractivity contribution in [3.05, 3.63) is 0 Å². The molecule has 0 rings (SSSR count). The van der Waals surface area contributed by atoms with Crippen molar-refractivity contribution in [1.29, 1.82) is 0 Å². The average Bonchev–Trinajstić information content (AvgIpc) is 1.89. The third-order valence-electron chi connectivity index (χ3n) is 1.10. The first-order valence-electron chi connectivity index (χ1n) is 3.16. The molecule has 0 aromatic carbocycles. The van der Waals surface area contributed by atoms with Gasteiger partial charge in [-0.15, -0.1) is 0 Å². The van der Waals surface area contributed by atoms with E-state index in [-0.39, 0.29) is 5.97 Å². The molecule has 0 bridgehead atoms. The van der Waals surface area contributed by atoms with Gasteiger partial charge in [-0.25, -0.2) is 4.79 Å². The fourth-order valence-electron chi connectivity index (χ4n) is 0.391. The van der Waals surface area contributed by atoms with Crippen molar-refractivity contribution in [1.82, 2.24) is 0 Å². The van der Waals surface area contributed by atoms with Crippen molar-refractivity contribution in [2.24, 2.45) is 0 Å². The lowest BCUT2D eigenvalue weighted by atomic mass is 10.3. The van der Waals surface area contributed by atoms with E-state index in [0.29, 0.717) is 13.0 Å². The highest BCUT2D eigenvalue weighted by Gasteiger charge is 2.29. The summed E-state index contributed by atoms with van der Waals surface area (Å²) in [5.41, 5.74) is 0. The third-order valence-corrected chi connectivity index (χ3v) is 2.09. The molecule has 2 nitrogen and oxygen atoms in total. The van der Waals surface area contributed by atoms with Gasteiger partial charge in [0, 0.05) is 0 Å². The fraction of sp³-hybridized carbons (Fsp3) is 0.833. The molecule has 4 heteroatoms. The summed E-state index contributed by atoms with van der Waals surface area (Å²) in [5, 5.41) is 0. The molecular weight excluding hydrogens is 168 g/mol. The smallest absolute Gasteiger partial charge is 0.331 e. The SMILES string of the molecule is CCOC(=O)C(S)(S)CC. The van der Waals surface area contributed by atoms with Gasteiger partial charge < -0.3 is 4.74 Å². The van der Waals surface area contributed by atoms with Gasteiger partial charge in [-0.1, -0.05) is 6.92 Å². The van der Waals surface area contributed by atoms with Crippen LogP contribution < -0.4 is 0 Å². The topological polar surface area (TPSA) is 26.3 Å². The minimum absolute atomic E-state index is 0.371. The van der Waals surface area contributed by atoms with Crippen molar-refractivity contribution < 1.29 is 9.53 Å². The maximum absolute atomic E-state index is 10.9. The monoisotopic (exact) mass is 180 g/mol. The number of ether oxygens (including phenoxy) is 1. The van der Waals surface area contributed by atoms with Crippen molar-refractivity contribution in [2.75, 3.05) is 6.61 Å². The van der Waals surface area contributed by atoms with Crippen LogP contribution in [0.15, 0.2) is 0 Å². The average molecular weight is 180 g/mol. The van der Waals surface area contributed by atoms with E-state index in [1.54, 1.807) is 6.92 Å².